The lowest BCUT2D eigenvalue weighted by Crippen LogP contribution is -2.37. The van der Waals surface area contributed by atoms with Crippen molar-refractivity contribution in [2.45, 2.75) is 46.7 Å². The van der Waals surface area contributed by atoms with E-state index < -0.39 is 0 Å². The van der Waals surface area contributed by atoms with Crippen LogP contribution in [0.4, 0.5) is 0 Å². The molecule has 2 aromatic heterocycles. The van der Waals surface area contributed by atoms with Crippen molar-refractivity contribution in [3.63, 3.8) is 0 Å². The van der Waals surface area contributed by atoms with Crippen LogP contribution in [-0.2, 0) is 20.1 Å². The highest BCUT2D eigenvalue weighted by Crippen LogP contribution is 2.29. The van der Waals surface area contributed by atoms with Crippen LogP contribution in [0.5, 0.6) is 5.88 Å². The Bertz CT molecular complexity index is 794. The second kappa shape index (κ2) is 8.88. The third-order valence-electron chi connectivity index (χ3n) is 4.82. The van der Waals surface area contributed by atoms with E-state index in [1.165, 1.54) is 24.1 Å². The lowest BCUT2D eigenvalue weighted by molar-refractivity contribution is 0.288. The fourth-order valence-corrected chi connectivity index (χ4v) is 2.87. The van der Waals surface area contributed by atoms with Gasteiger partial charge in [-0.25, -0.2) is 9.98 Å². The molecule has 2 heterocycles. The quantitative estimate of drug-likeness (QED) is 0.551. The molecule has 0 spiro atoms. The molecule has 0 unspecified atom stereocenters. The molecule has 1 aliphatic rings. The van der Waals surface area contributed by atoms with E-state index in [4.69, 9.17) is 9.73 Å². The van der Waals surface area contributed by atoms with E-state index in [1.807, 2.05) is 30.8 Å². The van der Waals surface area contributed by atoms with E-state index in [9.17, 15) is 0 Å². The van der Waals surface area contributed by atoms with Crippen LogP contribution in [0.15, 0.2) is 23.3 Å². The summed E-state index contributed by atoms with van der Waals surface area (Å²) in [6, 6.07) is 3.96. The van der Waals surface area contributed by atoms with Crippen LogP contribution >= 0.6 is 0 Å². The molecule has 1 saturated carbocycles. The van der Waals surface area contributed by atoms with Gasteiger partial charge in [0.1, 0.15) is 0 Å². The van der Waals surface area contributed by atoms with E-state index >= 15 is 0 Å². The van der Waals surface area contributed by atoms with Crippen LogP contribution in [-0.4, -0.2) is 33.9 Å². The number of nitrogens with zero attached hydrogens (tertiary/aromatic N) is 4. The van der Waals surface area contributed by atoms with Gasteiger partial charge in [-0.1, -0.05) is 0 Å². The fraction of sp³-hybridized carbons (Fsp3) is 0.550. The number of pyridine rings is 1. The summed E-state index contributed by atoms with van der Waals surface area (Å²) in [5.41, 5.74) is 4.51. The number of hydrogen-bond donors (Lipinski definition) is 2. The first kappa shape index (κ1) is 19.2. The summed E-state index contributed by atoms with van der Waals surface area (Å²) in [5, 5.41) is 11.2. The molecular formula is C20H30N6O. The highest BCUT2D eigenvalue weighted by molar-refractivity contribution is 5.79. The zero-order valence-electron chi connectivity index (χ0n) is 16.7. The van der Waals surface area contributed by atoms with Crippen LogP contribution < -0.4 is 15.4 Å². The van der Waals surface area contributed by atoms with Crippen molar-refractivity contribution in [2.75, 3.05) is 13.2 Å². The molecule has 0 atom stereocenters. The van der Waals surface area contributed by atoms with E-state index in [1.54, 1.807) is 6.20 Å². The SMILES string of the molecule is CCNC(=NCc1ccnc(OCC2CC2)c1)NCc1c(C)nn(C)c1C. The summed E-state index contributed by atoms with van der Waals surface area (Å²) >= 11 is 0. The highest BCUT2D eigenvalue weighted by atomic mass is 16.5. The van der Waals surface area contributed by atoms with Crippen molar-refractivity contribution in [3.8, 4) is 5.88 Å². The molecule has 3 rings (SSSR count). The van der Waals surface area contributed by atoms with Gasteiger partial charge in [0.2, 0.25) is 5.88 Å². The number of aryl methyl sites for hydroxylation is 2. The molecule has 7 nitrogen and oxygen atoms in total. The van der Waals surface area contributed by atoms with Crippen molar-refractivity contribution < 1.29 is 4.74 Å². The first-order valence-electron chi connectivity index (χ1n) is 9.65. The van der Waals surface area contributed by atoms with Gasteiger partial charge in [-0.2, -0.15) is 5.10 Å². The molecule has 0 bridgehead atoms. The van der Waals surface area contributed by atoms with E-state index in [0.717, 1.165) is 36.3 Å². The van der Waals surface area contributed by atoms with Crippen molar-refractivity contribution >= 4 is 5.96 Å². The predicted molar refractivity (Wildman–Crippen MR) is 107 cm³/mol. The minimum atomic E-state index is 0.572. The van der Waals surface area contributed by atoms with Crippen LogP contribution in [0, 0.1) is 19.8 Å². The molecule has 0 saturated heterocycles. The zero-order valence-corrected chi connectivity index (χ0v) is 16.7. The Labute approximate surface area is 161 Å². The molecule has 0 aliphatic heterocycles. The molecule has 0 amide bonds. The summed E-state index contributed by atoms with van der Waals surface area (Å²) in [6.07, 6.45) is 4.34. The third kappa shape index (κ3) is 5.45. The smallest absolute Gasteiger partial charge is 0.213 e. The standard InChI is InChI=1S/C20H30N6O/c1-5-21-20(24-12-18-14(2)25-26(4)15(18)3)23-11-17-8-9-22-19(10-17)27-13-16-6-7-16/h8-10,16H,5-7,11-13H2,1-4H3,(H2,21,23,24). The van der Waals surface area contributed by atoms with Crippen molar-refractivity contribution in [2.24, 2.45) is 18.0 Å². The molecule has 0 radical (unpaired) electrons. The van der Waals surface area contributed by atoms with Crippen molar-refractivity contribution in [1.29, 1.82) is 0 Å². The molecule has 1 fully saturated rings. The van der Waals surface area contributed by atoms with Crippen molar-refractivity contribution in [1.82, 2.24) is 25.4 Å². The average Bonchev–Trinajstić information content (AvgIpc) is 3.45. The lowest BCUT2D eigenvalue weighted by atomic mass is 10.2. The molecule has 146 valence electrons. The number of ether oxygens (including phenoxy) is 1. The maximum absolute atomic E-state index is 5.76. The van der Waals surface area contributed by atoms with Crippen LogP contribution in [0.2, 0.25) is 0 Å². The normalized spacial score (nSPS) is 14.3. The van der Waals surface area contributed by atoms with Gasteiger partial charge in [0.25, 0.3) is 0 Å². The van der Waals surface area contributed by atoms with Crippen LogP contribution in [0.25, 0.3) is 0 Å². The van der Waals surface area contributed by atoms with E-state index in [0.29, 0.717) is 19.0 Å². The second-order valence-electron chi connectivity index (χ2n) is 7.08. The molecule has 1 aliphatic carbocycles. The second-order valence-corrected chi connectivity index (χ2v) is 7.08. The monoisotopic (exact) mass is 370 g/mol. The predicted octanol–water partition coefficient (Wildman–Crippen LogP) is 2.48. The van der Waals surface area contributed by atoms with Crippen molar-refractivity contribution in [3.05, 3.63) is 40.8 Å². The molecule has 0 aromatic carbocycles. The van der Waals surface area contributed by atoms with Gasteiger partial charge in [0.15, 0.2) is 5.96 Å². The number of hydrogen-bond acceptors (Lipinski definition) is 4. The molecular weight excluding hydrogens is 340 g/mol. The van der Waals surface area contributed by atoms with Crippen LogP contribution in [0.3, 0.4) is 0 Å². The van der Waals surface area contributed by atoms with Crippen LogP contribution in [0.1, 0.15) is 42.3 Å². The molecule has 2 N–H and O–H groups in total. The summed E-state index contributed by atoms with van der Waals surface area (Å²) < 4.78 is 7.67. The van der Waals surface area contributed by atoms with Gasteiger partial charge in [-0.05, 0) is 51.2 Å². The van der Waals surface area contributed by atoms with Gasteiger partial charge in [0, 0.05) is 43.7 Å². The zero-order chi connectivity index (χ0) is 19.2. The molecule has 27 heavy (non-hydrogen) atoms. The minimum absolute atomic E-state index is 0.572. The average molecular weight is 371 g/mol. The Morgan fingerprint density at radius 1 is 1.33 bits per heavy atom. The Kier molecular flexibility index (Phi) is 6.32. The first-order chi connectivity index (χ1) is 13.1. The van der Waals surface area contributed by atoms with Gasteiger partial charge < -0.3 is 15.4 Å². The number of guanidine groups is 1. The summed E-state index contributed by atoms with van der Waals surface area (Å²) in [6.45, 7) is 9.03. The topological polar surface area (TPSA) is 76.4 Å². The Hall–Kier alpha value is -2.57. The van der Waals surface area contributed by atoms with Gasteiger partial charge in [0.05, 0.1) is 18.8 Å². The Balaban J connectivity index is 1.60. The largest absolute Gasteiger partial charge is 0.477 e. The molecule has 2 aromatic rings. The maximum Gasteiger partial charge on any atom is 0.213 e. The minimum Gasteiger partial charge on any atom is -0.477 e. The summed E-state index contributed by atoms with van der Waals surface area (Å²) in [7, 11) is 1.97. The number of aliphatic imine (C=N–C) groups is 1. The van der Waals surface area contributed by atoms with E-state index in [2.05, 4.69) is 34.6 Å². The lowest BCUT2D eigenvalue weighted by Gasteiger charge is -2.12. The molecule has 7 heteroatoms. The maximum atomic E-state index is 5.76. The Morgan fingerprint density at radius 2 is 2.15 bits per heavy atom. The fourth-order valence-electron chi connectivity index (χ4n) is 2.87. The summed E-state index contributed by atoms with van der Waals surface area (Å²) in [5.74, 6) is 2.20. The van der Waals surface area contributed by atoms with E-state index in [-0.39, 0.29) is 0 Å². The number of rotatable bonds is 8. The van der Waals surface area contributed by atoms with Gasteiger partial charge in [-0.3, -0.25) is 4.68 Å². The third-order valence-corrected chi connectivity index (χ3v) is 4.82. The summed E-state index contributed by atoms with van der Waals surface area (Å²) in [4.78, 5) is 8.99. The Morgan fingerprint density at radius 3 is 2.81 bits per heavy atom. The highest BCUT2D eigenvalue weighted by Gasteiger charge is 2.22. The number of nitrogens with one attached hydrogen (secondary N) is 2. The van der Waals surface area contributed by atoms with Gasteiger partial charge in [-0.15, -0.1) is 0 Å². The van der Waals surface area contributed by atoms with Gasteiger partial charge >= 0.3 is 0 Å². The first-order valence-corrected chi connectivity index (χ1v) is 9.65. The number of aromatic nitrogens is 3.